The molecule has 1 unspecified atom stereocenters. The first kappa shape index (κ1) is 14.2. The Labute approximate surface area is 123 Å². The summed E-state index contributed by atoms with van der Waals surface area (Å²) >= 11 is 0. The topological polar surface area (TPSA) is 58.9 Å². The molecule has 1 aliphatic rings. The van der Waals surface area contributed by atoms with Crippen LogP contribution in [0.15, 0.2) is 35.3 Å². The van der Waals surface area contributed by atoms with E-state index < -0.39 is 0 Å². The van der Waals surface area contributed by atoms with E-state index in [1.165, 1.54) is 0 Å². The summed E-state index contributed by atoms with van der Waals surface area (Å²) in [6.07, 6.45) is 1.94. The summed E-state index contributed by atoms with van der Waals surface area (Å²) in [7, 11) is 1.92. The van der Waals surface area contributed by atoms with Crippen LogP contribution >= 0.6 is 0 Å². The van der Waals surface area contributed by atoms with Crippen molar-refractivity contribution in [2.45, 2.75) is 12.6 Å². The van der Waals surface area contributed by atoms with Crippen LogP contribution in [0.2, 0.25) is 0 Å². The second kappa shape index (κ2) is 6.34. The van der Waals surface area contributed by atoms with Gasteiger partial charge in [0.1, 0.15) is 5.65 Å². The van der Waals surface area contributed by atoms with E-state index >= 15 is 0 Å². The van der Waals surface area contributed by atoms with E-state index in [0.29, 0.717) is 12.2 Å². The number of hydrogen-bond acceptors (Lipinski definition) is 5. The zero-order valence-electron chi connectivity index (χ0n) is 12.2. The summed E-state index contributed by atoms with van der Waals surface area (Å²) in [4.78, 5) is 18.9. The van der Waals surface area contributed by atoms with Gasteiger partial charge in [-0.25, -0.2) is 4.98 Å². The summed E-state index contributed by atoms with van der Waals surface area (Å²) in [5.41, 5.74) is 1.48. The highest BCUT2D eigenvalue weighted by atomic mass is 16.5. The smallest absolute Gasteiger partial charge is 0.258 e. The Balaban J connectivity index is 1.77. The number of rotatable bonds is 4. The van der Waals surface area contributed by atoms with Gasteiger partial charge in [-0.3, -0.25) is 14.1 Å². The van der Waals surface area contributed by atoms with Crippen molar-refractivity contribution in [2.75, 3.05) is 33.3 Å². The van der Waals surface area contributed by atoms with Crippen LogP contribution < -0.4 is 10.9 Å². The molecule has 0 spiro atoms. The van der Waals surface area contributed by atoms with Crippen molar-refractivity contribution in [3.05, 3.63) is 46.5 Å². The van der Waals surface area contributed by atoms with Crippen LogP contribution in [0.1, 0.15) is 5.69 Å². The molecule has 1 N–H and O–H groups in total. The Hall–Kier alpha value is -1.76. The van der Waals surface area contributed by atoms with E-state index in [-0.39, 0.29) is 11.7 Å². The van der Waals surface area contributed by atoms with Crippen molar-refractivity contribution in [3.63, 3.8) is 0 Å². The highest BCUT2D eigenvalue weighted by Crippen LogP contribution is 2.09. The fourth-order valence-corrected chi connectivity index (χ4v) is 2.69. The zero-order valence-corrected chi connectivity index (χ0v) is 12.2. The number of ether oxygens (including phenoxy) is 1. The molecule has 0 saturated carbocycles. The molecule has 0 amide bonds. The van der Waals surface area contributed by atoms with Crippen LogP contribution in [0.5, 0.6) is 0 Å². The van der Waals surface area contributed by atoms with Gasteiger partial charge in [-0.05, 0) is 19.2 Å². The van der Waals surface area contributed by atoms with Crippen molar-refractivity contribution >= 4 is 5.65 Å². The molecule has 6 nitrogen and oxygen atoms in total. The van der Waals surface area contributed by atoms with E-state index in [0.717, 1.165) is 31.9 Å². The first-order valence-electron chi connectivity index (χ1n) is 7.22. The lowest BCUT2D eigenvalue weighted by Crippen LogP contribution is -2.45. The lowest BCUT2D eigenvalue weighted by atomic mass is 10.2. The average molecular weight is 288 g/mol. The molecule has 0 radical (unpaired) electrons. The average Bonchev–Trinajstić information content (AvgIpc) is 2.48. The second-order valence-electron chi connectivity index (χ2n) is 5.30. The Morgan fingerprint density at radius 1 is 1.48 bits per heavy atom. The third-order valence-electron chi connectivity index (χ3n) is 3.66. The molecule has 3 rings (SSSR count). The maximum absolute atomic E-state index is 12.1. The Morgan fingerprint density at radius 3 is 3.24 bits per heavy atom. The predicted octanol–water partition coefficient (Wildman–Crippen LogP) is 0.115. The molecule has 1 fully saturated rings. The number of pyridine rings is 1. The minimum absolute atomic E-state index is 0.0318. The van der Waals surface area contributed by atoms with E-state index in [9.17, 15) is 4.79 Å². The Kier molecular flexibility index (Phi) is 4.28. The van der Waals surface area contributed by atoms with E-state index in [4.69, 9.17) is 4.74 Å². The van der Waals surface area contributed by atoms with Crippen molar-refractivity contribution < 1.29 is 4.74 Å². The SMILES string of the molecule is CNCC1CN(Cc2cc(=O)n3ccccc3n2)CCO1. The Bertz CT molecular complexity index is 668. The third kappa shape index (κ3) is 3.29. The first-order valence-corrected chi connectivity index (χ1v) is 7.22. The lowest BCUT2D eigenvalue weighted by molar-refractivity contribution is -0.0294. The lowest BCUT2D eigenvalue weighted by Gasteiger charge is -2.32. The highest BCUT2D eigenvalue weighted by molar-refractivity contribution is 5.37. The molecule has 2 aromatic heterocycles. The standard InChI is InChI=1S/C15H20N4O2/c1-16-9-13-11-18(6-7-21-13)10-12-8-15(20)19-5-3-2-4-14(19)17-12/h2-5,8,13,16H,6-7,9-11H2,1H3. The minimum Gasteiger partial charge on any atom is -0.374 e. The fourth-order valence-electron chi connectivity index (χ4n) is 2.69. The van der Waals surface area contributed by atoms with Crippen molar-refractivity contribution in [1.29, 1.82) is 0 Å². The summed E-state index contributed by atoms with van der Waals surface area (Å²) < 4.78 is 7.25. The quantitative estimate of drug-likeness (QED) is 0.865. The number of likely N-dealkylation sites (N-methyl/N-ethyl adjacent to an activating group) is 1. The number of aromatic nitrogens is 2. The largest absolute Gasteiger partial charge is 0.374 e. The molecule has 3 heterocycles. The van der Waals surface area contributed by atoms with Crippen LogP contribution in [-0.2, 0) is 11.3 Å². The first-order chi connectivity index (χ1) is 10.3. The normalized spacial score (nSPS) is 20.0. The van der Waals surface area contributed by atoms with Gasteiger partial charge in [0, 0.05) is 38.4 Å². The van der Waals surface area contributed by atoms with Crippen LogP contribution in [-0.4, -0.2) is 53.7 Å². The van der Waals surface area contributed by atoms with Gasteiger partial charge in [-0.15, -0.1) is 0 Å². The molecule has 2 aromatic rings. The number of fused-ring (bicyclic) bond motifs is 1. The summed E-state index contributed by atoms with van der Waals surface area (Å²) in [6.45, 7) is 3.97. The summed E-state index contributed by atoms with van der Waals surface area (Å²) in [5.74, 6) is 0. The minimum atomic E-state index is -0.0318. The molecule has 0 bridgehead atoms. The molecular formula is C15H20N4O2. The third-order valence-corrected chi connectivity index (χ3v) is 3.66. The number of nitrogens with zero attached hydrogens (tertiary/aromatic N) is 3. The molecule has 1 atom stereocenters. The van der Waals surface area contributed by atoms with Gasteiger partial charge in [-0.2, -0.15) is 0 Å². The predicted molar refractivity (Wildman–Crippen MR) is 80.4 cm³/mol. The highest BCUT2D eigenvalue weighted by Gasteiger charge is 2.20. The molecule has 6 heteroatoms. The zero-order chi connectivity index (χ0) is 14.7. The van der Waals surface area contributed by atoms with Gasteiger partial charge in [-0.1, -0.05) is 6.07 Å². The van der Waals surface area contributed by atoms with E-state index in [1.54, 1.807) is 16.7 Å². The molecule has 21 heavy (non-hydrogen) atoms. The van der Waals surface area contributed by atoms with Gasteiger partial charge < -0.3 is 10.1 Å². The maximum atomic E-state index is 12.1. The van der Waals surface area contributed by atoms with Gasteiger partial charge in [0.2, 0.25) is 0 Å². The molecule has 0 aromatic carbocycles. The number of morpholine rings is 1. The van der Waals surface area contributed by atoms with Gasteiger partial charge in [0.15, 0.2) is 0 Å². The van der Waals surface area contributed by atoms with Gasteiger partial charge >= 0.3 is 0 Å². The number of hydrogen-bond donors (Lipinski definition) is 1. The fraction of sp³-hybridized carbons (Fsp3) is 0.467. The van der Waals surface area contributed by atoms with Crippen LogP contribution in [0.4, 0.5) is 0 Å². The second-order valence-corrected chi connectivity index (χ2v) is 5.30. The molecular weight excluding hydrogens is 268 g/mol. The molecule has 1 saturated heterocycles. The maximum Gasteiger partial charge on any atom is 0.258 e. The van der Waals surface area contributed by atoms with Crippen molar-refractivity contribution in [1.82, 2.24) is 19.6 Å². The van der Waals surface area contributed by atoms with Crippen molar-refractivity contribution in [2.24, 2.45) is 0 Å². The van der Waals surface area contributed by atoms with Crippen LogP contribution in [0, 0.1) is 0 Å². The van der Waals surface area contributed by atoms with E-state index in [1.807, 2.05) is 25.2 Å². The molecule has 0 aliphatic carbocycles. The van der Waals surface area contributed by atoms with Crippen LogP contribution in [0.25, 0.3) is 5.65 Å². The monoisotopic (exact) mass is 288 g/mol. The Morgan fingerprint density at radius 2 is 2.38 bits per heavy atom. The summed E-state index contributed by atoms with van der Waals surface area (Å²) in [5, 5.41) is 3.13. The van der Waals surface area contributed by atoms with E-state index in [2.05, 4.69) is 15.2 Å². The molecule has 112 valence electrons. The molecule has 1 aliphatic heterocycles. The van der Waals surface area contributed by atoms with Gasteiger partial charge in [0.25, 0.3) is 5.56 Å². The van der Waals surface area contributed by atoms with Crippen molar-refractivity contribution in [3.8, 4) is 0 Å². The summed E-state index contributed by atoms with van der Waals surface area (Å²) in [6, 6.07) is 7.20. The number of nitrogens with one attached hydrogen (secondary N) is 1. The van der Waals surface area contributed by atoms with Crippen LogP contribution in [0.3, 0.4) is 0 Å². The van der Waals surface area contributed by atoms with Gasteiger partial charge in [0.05, 0.1) is 18.4 Å².